The first kappa shape index (κ1) is 15.8. The summed E-state index contributed by atoms with van der Waals surface area (Å²) in [6.45, 7) is 10.9. The fraction of sp³-hybridized carbons (Fsp3) is 0.938. The van der Waals surface area contributed by atoms with Crippen LogP contribution in [-0.4, -0.2) is 48.2 Å². The van der Waals surface area contributed by atoms with Crippen LogP contribution >= 0.6 is 0 Å². The highest BCUT2D eigenvalue weighted by Crippen LogP contribution is 2.31. The van der Waals surface area contributed by atoms with Crippen LogP contribution in [0.15, 0.2) is 0 Å². The molecule has 0 amide bonds. The first-order valence-electron chi connectivity index (χ1n) is 7.99. The number of carboxylic acid groups (broad SMARTS) is 1. The second-order valence-electron chi connectivity index (χ2n) is 8.00. The Hall–Kier alpha value is -0.610. The summed E-state index contributed by atoms with van der Waals surface area (Å²) in [5, 5.41) is 12.7. The zero-order valence-corrected chi connectivity index (χ0v) is 13.2. The Kier molecular flexibility index (Phi) is 5.08. The zero-order valence-electron chi connectivity index (χ0n) is 13.2. The average molecular weight is 282 g/mol. The van der Waals surface area contributed by atoms with Gasteiger partial charge in [0.25, 0.3) is 0 Å². The predicted octanol–water partition coefficient (Wildman–Crippen LogP) is 2.20. The molecule has 1 saturated heterocycles. The summed E-state index contributed by atoms with van der Waals surface area (Å²) in [4.78, 5) is 13.5. The molecule has 1 aliphatic heterocycles. The van der Waals surface area contributed by atoms with Crippen molar-refractivity contribution in [1.29, 1.82) is 0 Å². The molecular formula is C16H30N2O2. The molecule has 20 heavy (non-hydrogen) atoms. The van der Waals surface area contributed by atoms with E-state index < -0.39 is 5.97 Å². The minimum Gasteiger partial charge on any atom is -0.481 e. The normalized spacial score (nSPS) is 28.6. The first-order valence-corrected chi connectivity index (χ1v) is 7.99. The van der Waals surface area contributed by atoms with Crippen LogP contribution in [0.4, 0.5) is 0 Å². The molecule has 0 aromatic heterocycles. The van der Waals surface area contributed by atoms with Crippen molar-refractivity contribution in [3.63, 3.8) is 0 Å². The lowest BCUT2D eigenvalue weighted by molar-refractivity contribution is -0.138. The summed E-state index contributed by atoms with van der Waals surface area (Å²) in [6, 6.07) is 0.450. The quantitative estimate of drug-likeness (QED) is 0.784. The van der Waals surface area contributed by atoms with Crippen LogP contribution in [0.3, 0.4) is 0 Å². The summed E-state index contributed by atoms with van der Waals surface area (Å²) in [5.41, 5.74) is 0.279. The van der Waals surface area contributed by atoms with E-state index in [0.717, 1.165) is 32.0 Å². The average Bonchev–Trinajstić information content (AvgIpc) is 3.08. The highest BCUT2D eigenvalue weighted by atomic mass is 16.4. The molecule has 0 radical (unpaired) electrons. The predicted molar refractivity (Wildman–Crippen MR) is 80.8 cm³/mol. The number of likely N-dealkylation sites (tertiary alicyclic amines) is 1. The molecule has 1 saturated carbocycles. The third-order valence-corrected chi connectivity index (χ3v) is 4.21. The number of carboxylic acids is 1. The van der Waals surface area contributed by atoms with E-state index in [9.17, 15) is 4.79 Å². The smallest absolute Gasteiger partial charge is 0.303 e. The Balaban J connectivity index is 1.86. The summed E-state index contributed by atoms with van der Waals surface area (Å²) < 4.78 is 0. The number of nitrogens with zero attached hydrogens (tertiary/aromatic N) is 1. The molecule has 1 heterocycles. The van der Waals surface area contributed by atoms with Gasteiger partial charge in [0.05, 0.1) is 0 Å². The maximum Gasteiger partial charge on any atom is 0.303 e. The van der Waals surface area contributed by atoms with Crippen LogP contribution in [0.5, 0.6) is 0 Å². The second-order valence-corrected chi connectivity index (χ2v) is 8.00. The third kappa shape index (κ3) is 5.80. The van der Waals surface area contributed by atoms with Gasteiger partial charge in [-0.05, 0) is 36.5 Å². The molecule has 2 unspecified atom stereocenters. The number of rotatable bonds is 6. The third-order valence-electron chi connectivity index (χ3n) is 4.21. The Bertz CT molecular complexity index is 334. The van der Waals surface area contributed by atoms with Gasteiger partial charge in [-0.2, -0.15) is 0 Å². The molecular weight excluding hydrogens is 252 g/mol. The van der Waals surface area contributed by atoms with E-state index in [1.165, 1.54) is 19.4 Å². The number of hydrogen-bond donors (Lipinski definition) is 2. The molecule has 2 fully saturated rings. The molecule has 2 rings (SSSR count). The molecule has 0 aromatic rings. The van der Waals surface area contributed by atoms with E-state index in [1.54, 1.807) is 0 Å². The van der Waals surface area contributed by atoms with Crippen molar-refractivity contribution in [2.45, 2.75) is 52.5 Å². The highest BCUT2D eigenvalue weighted by Gasteiger charge is 2.32. The summed E-state index contributed by atoms with van der Waals surface area (Å²) in [7, 11) is 0. The standard InChI is InChI=1S/C16H30N2O2/c1-16(2,3)11-17-14-6-13(7-15(19)20)9-18(10-14)8-12-4-5-12/h12-14,17H,4-11H2,1-3H3,(H,19,20). The van der Waals surface area contributed by atoms with Crippen LogP contribution in [0.25, 0.3) is 0 Å². The van der Waals surface area contributed by atoms with E-state index in [2.05, 4.69) is 31.0 Å². The molecule has 0 bridgehead atoms. The van der Waals surface area contributed by atoms with Gasteiger partial charge in [0.2, 0.25) is 0 Å². The van der Waals surface area contributed by atoms with Gasteiger partial charge in [-0.3, -0.25) is 4.79 Å². The van der Waals surface area contributed by atoms with Crippen LogP contribution in [0.2, 0.25) is 0 Å². The van der Waals surface area contributed by atoms with Gasteiger partial charge in [-0.25, -0.2) is 0 Å². The molecule has 2 N–H and O–H groups in total. The largest absolute Gasteiger partial charge is 0.481 e. The monoisotopic (exact) mass is 282 g/mol. The van der Waals surface area contributed by atoms with Gasteiger partial charge in [-0.1, -0.05) is 20.8 Å². The Labute approximate surface area is 122 Å². The van der Waals surface area contributed by atoms with E-state index >= 15 is 0 Å². The lowest BCUT2D eigenvalue weighted by Gasteiger charge is -2.39. The van der Waals surface area contributed by atoms with Crippen LogP contribution in [0.1, 0.15) is 46.5 Å². The number of hydrogen-bond acceptors (Lipinski definition) is 3. The van der Waals surface area contributed by atoms with Crippen molar-refractivity contribution >= 4 is 5.97 Å². The van der Waals surface area contributed by atoms with Crippen molar-refractivity contribution in [2.75, 3.05) is 26.2 Å². The Morgan fingerprint density at radius 1 is 1.25 bits per heavy atom. The minimum absolute atomic E-state index is 0.279. The maximum atomic E-state index is 11.0. The van der Waals surface area contributed by atoms with Gasteiger partial charge in [0.1, 0.15) is 0 Å². The summed E-state index contributed by atoms with van der Waals surface area (Å²) in [6.07, 6.45) is 4.04. The number of piperidine rings is 1. The SMILES string of the molecule is CC(C)(C)CNC1CC(CC(=O)O)CN(CC2CC2)C1. The fourth-order valence-electron chi connectivity index (χ4n) is 3.11. The lowest BCUT2D eigenvalue weighted by Crippen LogP contribution is -2.51. The molecule has 2 aliphatic rings. The molecule has 0 aromatic carbocycles. The van der Waals surface area contributed by atoms with Crippen molar-refractivity contribution in [2.24, 2.45) is 17.3 Å². The fourth-order valence-corrected chi connectivity index (χ4v) is 3.11. The molecule has 4 heteroatoms. The van der Waals surface area contributed by atoms with Crippen LogP contribution in [0, 0.1) is 17.3 Å². The molecule has 1 aliphatic carbocycles. The van der Waals surface area contributed by atoms with Crippen molar-refractivity contribution < 1.29 is 9.90 Å². The van der Waals surface area contributed by atoms with Gasteiger partial charge in [-0.15, -0.1) is 0 Å². The molecule has 2 atom stereocenters. The van der Waals surface area contributed by atoms with Crippen molar-refractivity contribution in [3.8, 4) is 0 Å². The van der Waals surface area contributed by atoms with E-state index in [-0.39, 0.29) is 5.41 Å². The Morgan fingerprint density at radius 3 is 2.50 bits per heavy atom. The van der Waals surface area contributed by atoms with Crippen molar-refractivity contribution in [3.05, 3.63) is 0 Å². The minimum atomic E-state index is -0.655. The molecule has 0 spiro atoms. The maximum absolute atomic E-state index is 11.0. The van der Waals surface area contributed by atoms with E-state index in [0.29, 0.717) is 18.4 Å². The summed E-state index contributed by atoms with van der Waals surface area (Å²) in [5.74, 6) is 0.525. The number of aliphatic carboxylic acids is 1. The topological polar surface area (TPSA) is 52.6 Å². The molecule has 4 nitrogen and oxygen atoms in total. The highest BCUT2D eigenvalue weighted by molar-refractivity contribution is 5.67. The van der Waals surface area contributed by atoms with Crippen molar-refractivity contribution in [1.82, 2.24) is 10.2 Å². The van der Waals surface area contributed by atoms with Gasteiger partial charge >= 0.3 is 5.97 Å². The van der Waals surface area contributed by atoms with Crippen LogP contribution in [-0.2, 0) is 4.79 Å². The Morgan fingerprint density at radius 2 is 1.95 bits per heavy atom. The van der Waals surface area contributed by atoms with Gasteiger partial charge < -0.3 is 15.3 Å². The van der Waals surface area contributed by atoms with E-state index in [4.69, 9.17) is 5.11 Å². The zero-order chi connectivity index (χ0) is 14.8. The number of nitrogens with one attached hydrogen (secondary N) is 1. The number of carbonyl (C=O) groups is 1. The molecule has 116 valence electrons. The summed E-state index contributed by atoms with van der Waals surface area (Å²) >= 11 is 0. The van der Waals surface area contributed by atoms with E-state index in [1.807, 2.05) is 0 Å². The van der Waals surface area contributed by atoms with Gasteiger partial charge in [0, 0.05) is 38.6 Å². The second kappa shape index (κ2) is 6.44. The van der Waals surface area contributed by atoms with Gasteiger partial charge in [0.15, 0.2) is 0 Å². The first-order chi connectivity index (χ1) is 9.32. The lowest BCUT2D eigenvalue weighted by atomic mass is 9.90. The van der Waals surface area contributed by atoms with Crippen LogP contribution < -0.4 is 5.32 Å².